The number of nitrogens with zero attached hydrogens (tertiary/aromatic N) is 3. The number of rotatable bonds is 5. The van der Waals surface area contributed by atoms with Crippen molar-refractivity contribution in [2.45, 2.75) is 43.7 Å². The summed E-state index contributed by atoms with van der Waals surface area (Å²) in [6.45, 7) is 4.33. The van der Waals surface area contributed by atoms with E-state index in [1.54, 1.807) is 6.33 Å². The molecule has 4 heterocycles. The smallest absolute Gasteiger partial charge is 0.143 e. The fourth-order valence-electron chi connectivity index (χ4n) is 5.79. The monoisotopic (exact) mass is 415 g/mol. The molecule has 6 heteroatoms. The second-order valence-electron chi connectivity index (χ2n) is 9.92. The van der Waals surface area contributed by atoms with E-state index in [0.29, 0.717) is 12.0 Å². The first kappa shape index (κ1) is 18.2. The van der Waals surface area contributed by atoms with Crippen LogP contribution in [0.3, 0.4) is 0 Å². The van der Waals surface area contributed by atoms with Gasteiger partial charge in [0.15, 0.2) is 0 Å². The van der Waals surface area contributed by atoms with Crippen LogP contribution in [0.2, 0.25) is 0 Å². The van der Waals surface area contributed by atoms with Gasteiger partial charge in [0.25, 0.3) is 0 Å². The fraction of sp³-hybridized carbons (Fsp3) is 0.520. The Labute approximate surface area is 182 Å². The highest BCUT2D eigenvalue weighted by molar-refractivity contribution is 5.88. The van der Waals surface area contributed by atoms with E-state index < -0.39 is 0 Å². The molecular weight excluding hydrogens is 386 g/mol. The number of benzene rings is 1. The number of hydrogen-bond acceptors (Lipinski definition) is 5. The molecule has 0 spiro atoms. The highest BCUT2D eigenvalue weighted by Gasteiger charge is 2.43. The molecule has 6 nitrogen and oxygen atoms in total. The molecule has 3 aromatic rings. The molecule has 160 valence electrons. The molecule has 2 aliphatic carbocycles. The molecule has 2 atom stereocenters. The molecule has 0 bridgehead atoms. The van der Waals surface area contributed by atoms with Crippen molar-refractivity contribution in [3.8, 4) is 0 Å². The molecule has 2 N–H and O–H groups in total. The lowest BCUT2D eigenvalue weighted by molar-refractivity contribution is -0.109. The topological polar surface area (TPSA) is 66.1 Å². The molecule has 2 aliphatic heterocycles. The van der Waals surface area contributed by atoms with Crippen molar-refractivity contribution in [2.75, 3.05) is 31.6 Å². The van der Waals surface area contributed by atoms with E-state index in [4.69, 9.17) is 9.72 Å². The van der Waals surface area contributed by atoms with Gasteiger partial charge in [0.1, 0.15) is 17.8 Å². The van der Waals surface area contributed by atoms with Crippen LogP contribution in [0.25, 0.3) is 11.0 Å². The summed E-state index contributed by atoms with van der Waals surface area (Å²) in [6, 6.07) is 12.0. The minimum absolute atomic E-state index is 0.251. The lowest BCUT2D eigenvalue weighted by atomic mass is 9.78. The van der Waals surface area contributed by atoms with Gasteiger partial charge in [-0.05, 0) is 54.7 Å². The molecule has 2 saturated heterocycles. The molecular formula is C25H29N5O. The zero-order valence-electron chi connectivity index (χ0n) is 17.8. The quantitative estimate of drug-likeness (QED) is 0.662. The van der Waals surface area contributed by atoms with Gasteiger partial charge >= 0.3 is 0 Å². The predicted molar refractivity (Wildman–Crippen MR) is 120 cm³/mol. The Morgan fingerprint density at radius 1 is 1.03 bits per heavy atom. The SMILES string of the molecule is c1ccc2c(c1)CCC(N1CC(C3COC3)C1)C2Nc1ncnc2[nH]c(C3CC3)cc12. The summed E-state index contributed by atoms with van der Waals surface area (Å²) in [7, 11) is 0. The summed E-state index contributed by atoms with van der Waals surface area (Å²) < 4.78 is 5.44. The average molecular weight is 416 g/mol. The second kappa shape index (κ2) is 7.04. The van der Waals surface area contributed by atoms with Crippen molar-refractivity contribution >= 4 is 16.9 Å². The summed E-state index contributed by atoms with van der Waals surface area (Å²) in [5.41, 5.74) is 5.17. The van der Waals surface area contributed by atoms with Crippen LogP contribution in [-0.4, -0.2) is 52.2 Å². The van der Waals surface area contributed by atoms with E-state index >= 15 is 0 Å². The number of aromatic amines is 1. The minimum atomic E-state index is 0.251. The number of likely N-dealkylation sites (tertiary alicyclic amines) is 1. The Morgan fingerprint density at radius 2 is 1.90 bits per heavy atom. The molecule has 2 aromatic heterocycles. The largest absolute Gasteiger partial charge is 0.381 e. The van der Waals surface area contributed by atoms with Crippen LogP contribution in [-0.2, 0) is 11.2 Å². The Balaban J connectivity index is 1.21. The molecule has 1 aromatic carbocycles. The minimum Gasteiger partial charge on any atom is -0.381 e. The number of ether oxygens (including phenoxy) is 1. The maximum Gasteiger partial charge on any atom is 0.143 e. The number of H-pyrrole nitrogens is 1. The van der Waals surface area contributed by atoms with E-state index in [1.165, 1.54) is 49.2 Å². The third kappa shape index (κ3) is 3.07. The van der Waals surface area contributed by atoms with E-state index in [0.717, 1.165) is 48.3 Å². The normalized spacial score (nSPS) is 27.0. The zero-order chi connectivity index (χ0) is 20.4. The van der Waals surface area contributed by atoms with Gasteiger partial charge in [-0.15, -0.1) is 0 Å². The van der Waals surface area contributed by atoms with Crippen molar-refractivity contribution in [1.82, 2.24) is 19.9 Å². The Morgan fingerprint density at radius 3 is 2.71 bits per heavy atom. The van der Waals surface area contributed by atoms with Crippen LogP contribution in [0.4, 0.5) is 5.82 Å². The first-order chi connectivity index (χ1) is 15.3. The number of aryl methyl sites for hydroxylation is 1. The van der Waals surface area contributed by atoms with Gasteiger partial charge in [0.05, 0.1) is 24.6 Å². The molecule has 0 radical (unpaired) electrons. The summed E-state index contributed by atoms with van der Waals surface area (Å²) >= 11 is 0. The Bertz CT molecular complexity index is 1110. The summed E-state index contributed by atoms with van der Waals surface area (Å²) in [4.78, 5) is 15.4. The predicted octanol–water partition coefficient (Wildman–Crippen LogP) is 3.88. The van der Waals surface area contributed by atoms with E-state index in [2.05, 4.69) is 50.5 Å². The third-order valence-electron chi connectivity index (χ3n) is 7.98. The zero-order valence-corrected chi connectivity index (χ0v) is 17.8. The maximum absolute atomic E-state index is 5.44. The van der Waals surface area contributed by atoms with Crippen molar-refractivity contribution in [3.05, 3.63) is 53.5 Å². The van der Waals surface area contributed by atoms with Gasteiger partial charge in [0, 0.05) is 30.7 Å². The molecule has 4 aliphatic rings. The van der Waals surface area contributed by atoms with Crippen molar-refractivity contribution < 1.29 is 4.74 Å². The molecule has 2 unspecified atom stereocenters. The van der Waals surface area contributed by atoms with Crippen LogP contribution < -0.4 is 5.32 Å². The van der Waals surface area contributed by atoms with Gasteiger partial charge in [-0.1, -0.05) is 24.3 Å². The first-order valence-electron chi connectivity index (χ1n) is 11.8. The third-order valence-corrected chi connectivity index (χ3v) is 7.98. The average Bonchev–Trinajstić information content (AvgIpc) is 3.48. The van der Waals surface area contributed by atoms with Crippen LogP contribution in [0, 0.1) is 11.8 Å². The van der Waals surface area contributed by atoms with Crippen molar-refractivity contribution in [3.63, 3.8) is 0 Å². The molecule has 31 heavy (non-hydrogen) atoms. The number of hydrogen-bond donors (Lipinski definition) is 2. The Hall–Kier alpha value is -2.44. The second-order valence-corrected chi connectivity index (χ2v) is 9.92. The molecule has 0 amide bonds. The number of anilines is 1. The van der Waals surface area contributed by atoms with E-state index in [-0.39, 0.29) is 6.04 Å². The number of aromatic nitrogens is 3. The Kier molecular flexibility index (Phi) is 4.12. The lowest BCUT2D eigenvalue weighted by Crippen LogP contribution is -2.60. The van der Waals surface area contributed by atoms with E-state index in [9.17, 15) is 0 Å². The summed E-state index contributed by atoms with van der Waals surface area (Å²) in [5.74, 6) is 3.23. The lowest BCUT2D eigenvalue weighted by Gasteiger charge is -2.52. The van der Waals surface area contributed by atoms with Gasteiger partial charge < -0.3 is 15.0 Å². The molecule has 3 fully saturated rings. The van der Waals surface area contributed by atoms with Crippen LogP contribution in [0.15, 0.2) is 36.7 Å². The first-order valence-corrected chi connectivity index (χ1v) is 11.8. The van der Waals surface area contributed by atoms with E-state index in [1.807, 2.05) is 0 Å². The highest BCUT2D eigenvalue weighted by Crippen LogP contribution is 2.43. The van der Waals surface area contributed by atoms with Gasteiger partial charge in [-0.3, -0.25) is 4.90 Å². The molecule has 7 rings (SSSR count). The summed E-state index contributed by atoms with van der Waals surface area (Å²) in [6.07, 6.45) is 6.60. The fourth-order valence-corrected chi connectivity index (χ4v) is 5.79. The number of fused-ring (bicyclic) bond motifs is 2. The van der Waals surface area contributed by atoms with Gasteiger partial charge in [0.2, 0.25) is 0 Å². The molecule has 1 saturated carbocycles. The summed E-state index contributed by atoms with van der Waals surface area (Å²) in [5, 5.41) is 5.01. The van der Waals surface area contributed by atoms with Gasteiger partial charge in [-0.2, -0.15) is 0 Å². The van der Waals surface area contributed by atoms with Crippen LogP contribution >= 0.6 is 0 Å². The van der Waals surface area contributed by atoms with Gasteiger partial charge in [-0.25, -0.2) is 9.97 Å². The standard InChI is InChI=1S/C25H29N5O/c1-2-4-19-15(3-1)7-8-22(30-10-17(11-30)18-12-31-13-18)23(19)29-25-20-9-21(16-5-6-16)28-24(20)26-14-27-25/h1-4,9,14,16-18,22-23H,5-8,10-13H2,(H2,26,27,28,29). The maximum atomic E-state index is 5.44. The highest BCUT2D eigenvalue weighted by atomic mass is 16.5. The van der Waals surface area contributed by atoms with Crippen LogP contribution in [0.1, 0.15) is 48.0 Å². The van der Waals surface area contributed by atoms with Crippen molar-refractivity contribution in [1.29, 1.82) is 0 Å². The van der Waals surface area contributed by atoms with Crippen molar-refractivity contribution in [2.24, 2.45) is 11.8 Å². The van der Waals surface area contributed by atoms with Crippen LogP contribution in [0.5, 0.6) is 0 Å². The number of nitrogens with one attached hydrogen (secondary N) is 2.